The third-order valence-corrected chi connectivity index (χ3v) is 4.41. The third kappa shape index (κ3) is 3.36. The normalized spacial score (nSPS) is 23.3. The number of nitrogens with zero attached hydrogens (tertiary/aromatic N) is 2. The van der Waals surface area contributed by atoms with Crippen LogP contribution in [0.1, 0.15) is 39.0 Å². The van der Waals surface area contributed by atoms with Gasteiger partial charge in [0.2, 0.25) is 0 Å². The van der Waals surface area contributed by atoms with Crippen molar-refractivity contribution in [2.75, 3.05) is 11.4 Å². The van der Waals surface area contributed by atoms with E-state index in [0.29, 0.717) is 16.6 Å². The standard InChI is InChI=1S/C13H21BrN4O/c1-2-7-18(10-5-3-9(15)4-6-10)12-11(14)13(19)17-8-16-12/h8-10H,2-7,15H2,1H3,(H,16,17,19). The van der Waals surface area contributed by atoms with Crippen LogP contribution in [-0.2, 0) is 0 Å². The van der Waals surface area contributed by atoms with Gasteiger partial charge in [0.1, 0.15) is 4.47 Å². The highest BCUT2D eigenvalue weighted by molar-refractivity contribution is 9.10. The summed E-state index contributed by atoms with van der Waals surface area (Å²) < 4.78 is 0.526. The minimum atomic E-state index is -0.126. The van der Waals surface area contributed by atoms with Crippen LogP contribution in [0.3, 0.4) is 0 Å². The van der Waals surface area contributed by atoms with Crippen molar-refractivity contribution in [3.8, 4) is 0 Å². The predicted octanol–water partition coefficient (Wildman–Crippen LogP) is 2.02. The minimum Gasteiger partial charge on any atom is -0.352 e. The fourth-order valence-corrected chi connectivity index (χ4v) is 3.13. The summed E-state index contributed by atoms with van der Waals surface area (Å²) in [5, 5.41) is 0. The third-order valence-electron chi connectivity index (χ3n) is 3.70. The van der Waals surface area contributed by atoms with Crippen molar-refractivity contribution in [3.63, 3.8) is 0 Å². The summed E-state index contributed by atoms with van der Waals surface area (Å²) >= 11 is 3.36. The lowest BCUT2D eigenvalue weighted by atomic mass is 9.90. The summed E-state index contributed by atoms with van der Waals surface area (Å²) in [6, 6.07) is 0.764. The van der Waals surface area contributed by atoms with E-state index in [4.69, 9.17) is 5.73 Å². The number of nitrogens with one attached hydrogen (secondary N) is 1. The minimum absolute atomic E-state index is 0.126. The van der Waals surface area contributed by atoms with Crippen molar-refractivity contribution in [1.29, 1.82) is 0 Å². The molecule has 0 radical (unpaired) electrons. The number of hydrogen-bond donors (Lipinski definition) is 2. The molecule has 0 aromatic carbocycles. The molecular formula is C13H21BrN4O. The Balaban J connectivity index is 2.24. The number of H-pyrrole nitrogens is 1. The van der Waals surface area contributed by atoms with Crippen molar-refractivity contribution in [3.05, 3.63) is 21.2 Å². The highest BCUT2D eigenvalue weighted by atomic mass is 79.9. The fourth-order valence-electron chi connectivity index (χ4n) is 2.69. The smallest absolute Gasteiger partial charge is 0.267 e. The molecule has 0 amide bonds. The first-order valence-electron chi connectivity index (χ1n) is 6.89. The Morgan fingerprint density at radius 3 is 2.79 bits per heavy atom. The Hall–Kier alpha value is -0.880. The van der Waals surface area contributed by atoms with Gasteiger partial charge in [0, 0.05) is 18.6 Å². The molecule has 19 heavy (non-hydrogen) atoms. The van der Waals surface area contributed by atoms with Crippen molar-refractivity contribution in [2.24, 2.45) is 5.73 Å². The summed E-state index contributed by atoms with van der Waals surface area (Å²) in [7, 11) is 0. The maximum absolute atomic E-state index is 11.7. The molecule has 0 saturated heterocycles. The first kappa shape index (κ1) is 14.5. The highest BCUT2D eigenvalue weighted by Gasteiger charge is 2.26. The summed E-state index contributed by atoms with van der Waals surface area (Å²) in [5.74, 6) is 0.756. The van der Waals surface area contributed by atoms with Gasteiger partial charge in [0.25, 0.3) is 5.56 Å². The van der Waals surface area contributed by atoms with E-state index in [0.717, 1.165) is 44.5 Å². The number of rotatable bonds is 4. The molecule has 1 aliphatic rings. The SMILES string of the molecule is CCCN(c1nc[nH]c(=O)c1Br)C1CCC(N)CC1. The van der Waals surface area contributed by atoms with Gasteiger partial charge in [-0.05, 0) is 48.0 Å². The molecule has 0 unspecified atom stereocenters. The van der Waals surface area contributed by atoms with E-state index in [1.807, 2.05) is 0 Å². The molecule has 1 aliphatic carbocycles. The Kier molecular flexibility index (Phi) is 4.99. The first-order chi connectivity index (χ1) is 9.13. The molecule has 0 bridgehead atoms. The fraction of sp³-hybridized carbons (Fsp3) is 0.692. The second kappa shape index (κ2) is 6.52. The molecular weight excluding hydrogens is 308 g/mol. The van der Waals surface area contributed by atoms with E-state index in [-0.39, 0.29) is 5.56 Å². The van der Waals surface area contributed by atoms with Gasteiger partial charge in [-0.15, -0.1) is 0 Å². The molecule has 1 saturated carbocycles. The lowest BCUT2D eigenvalue weighted by Gasteiger charge is -2.37. The Morgan fingerprint density at radius 2 is 2.16 bits per heavy atom. The molecule has 0 aliphatic heterocycles. The Labute approximate surface area is 121 Å². The van der Waals surface area contributed by atoms with Crippen LogP contribution in [0.15, 0.2) is 15.6 Å². The van der Waals surface area contributed by atoms with Gasteiger partial charge >= 0.3 is 0 Å². The Bertz CT molecular complexity index is 468. The lowest BCUT2D eigenvalue weighted by molar-refractivity contribution is 0.373. The van der Waals surface area contributed by atoms with Crippen molar-refractivity contribution >= 4 is 21.7 Å². The second-order valence-electron chi connectivity index (χ2n) is 5.13. The molecule has 1 fully saturated rings. The van der Waals surface area contributed by atoms with Crippen molar-refractivity contribution in [1.82, 2.24) is 9.97 Å². The first-order valence-corrected chi connectivity index (χ1v) is 7.68. The molecule has 2 rings (SSSR count). The van der Waals surface area contributed by atoms with Gasteiger partial charge < -0.3 is 15.6 Å². The van der Waals surface area contributed by atoms with Crippen LogP contribution < -0.4 is 16.2 Å². The molecule has 106 valence electrons. The number of aromatic nitrogens is 2. The van der Waals surface area contributed by atoms with E-state index in [1.54, 1.807) is 0 Å². The summed E-state index contributed by atoms with van der Waals surface area (Å²) in [6.07, 6.45) is 6.74. The number of nitrogens with two attached hydrogens (primary N) is 1. The van der Waals surface area contributed by atoms with Crippen molar-refractivity contribution in [2.45, 2.75) is 51.1 Å². The van der Waals surface area contributed by atoms with Gasteiger partial charge in [-0.2, -0.15) is 0 Å². The molecule has 3 N–H and O–H groups in total. The van der Waals surface area contributed by atoms with Crippen LogP contribution in [0.4, 0.5) is 5.82 Å². The van der Waals surface area contributed by atoms with E-state index in [2.05, 4.69) is 37.7 Å². The average Bonchev–Trinajstić information content (AvgIpc) is 2.41. The number of halogens is 1. The van der Waals surface area contributed by atoms with Crippen LogP contribution in [0.5, 0.6) is 0 Å². The van der Waals surface area contributed by atoms with E-state index >= 15 is 0 Å². The largest absolute Gasteiger partial charge is 0.352 e. The van der Waals surface area contributed by atoms with Gasteiger partial charge in [-0.25, -0.2) is 4.98 Å². The van der Waals surface area contributed by atoms with Crippen LogP contribution in [0.25, 0.3) is 0 Å². The summed E-state index contributed by atoms with van der Waals surface area (Å²) in [4.78, 5) is 20.9. The molecule has 0 spiro atoms. The lowest BCUT2D eigenvalue weighted by Crippen LogP contribution is -2.42. The van der Waals surface area contributed by atoms with Crippen LogP contribution in [-0.4, -0.2) is 28.6 Å². The predicted molar refractivity (Wildman–Crippen MR) is 80.4 cm³/mol. The number of aromatic amines is 1. The molecule has 1 aromatic heterocycles. The van der Waals surface area contributed by atoms with Gasteiger partial charge in [0.15, 0.2) is 5.82 Å². The van der Waals surface area contributed by atoms with Crippen molar-refractivity contribution < 1.29 is 0 Å². The maximum atomic E-state index is 11.7. The zero-order chi connectivity index (χ0) is 13.8. The molecule has 1 heterocycles. The molecule has 6 heteroatoms. The molecule has 1 aromatic rings. The summed E-state index contributed by atoms with van der Waals surface area (Å²) in [5.41, 5.74) is 5.84. The highest BCUT2D eigenvalue weighted by Crippen LogP contribution is 2.28. The van der Waals surface area contributed by atoms with Crippen LogP contribution in [0, 0.1) is 0 Å². The van der Waals surface area contributed by atoms with Crippen LogP contribution >= 0.6 is 15.9 Å². The zero-order valence-corrected chi connectivity index (χ0v) is 12.8. The molecule has 5 nitrogen and oxygen atoms in total. The topological polar surface area (TPSA) is 75.0 Å². The summed E-state index contributed by atoms with van der Waals surface area (Å²) in [6.45, 7) is 3.05. The molecule has 0 atom stereocenters. The van der Waals surface area contributed by atoms with Gasteiger partial charge in [-0.1, -0.05) is 6.92 Å². The number of anilines is 1. The second-order valence-corrected chi connectivity index (χ2v) is 5.92. The van der Waals surface area contributed by atoms with E-state index in [9.17, 15) is 4.79 Å². The van der Waals surface area contributed by atoms with Gasteiger partial charge in [0.05, 0.1) is 6.33 Å². The zero-order valence-electron chi connectivity index (χ0n) is 11.2. The number of hydrogen-bond acceptors (Lipinski definition) is 4. The average molecular weight is 329 g/mol. The quantitative estimate of drug-likeness (QED) is 0.886. The van der Waals surface area contributed by atoms with E-state index < -0.39 is 0 Å². The monoisotopic (exact) mass is 328 g/mol. The Morgan fingerprint density at radius 1 is 1.47 bits per heavy atom. The maximum Gasteiger partial charge on any atom is 0.267 e. The van der Waals surface area contributed by atoms with Gasteiger partial charge in [-0.3, -0.25) is 4.79 Å². The van der Waals surface area contributed by atoms with E-state index in [1.165, 1.54) is 6.33 Å². The van der Waals surface area contributed by atoms with Crippen LogP contribution in [0.2, 0.25) is 0 Å².